The molecule has 0 bridgehead atoms. The van der Waals surface area contributed by atoms with Gasteiger partial charge in [0.15, 0.2) is 16.5 Å². The number of hydrogen-bond acceptors (Lipinski definition) is 8. The number of nitrogens with zero attached hydrogens (tertiary/aromatic N) is 2. The van der Waals surface area contributed by atoms with E-state index in [0.717, 1.165) is 25.7 Å². The largest absolute Gasteiger partial charge is 0.451 e. The second-order valence-electron chi connectivity index (χ2n) is 13.0. The van der Waals surface area contributed by atoms with Crippen LogP contribution in [-0.2, 0) is 18.8 Å². The molecular weight excluding hydrogens is 649 g/mol. The van der Waals surface area contributed by atoms with Gasteiger partial charge in [0.05, 0.1) is 21.7 Å². The van der Waals surface area contributed by atoms with Gasteiger partial charge in [-0.1, -0.05) is 111 Å². The molecule has 0 N–H and O–H groups in total. The van der Waals surface area contributed by atoms with Crippen LogP contribution in [0.2, 0.25) is 13.1 Å². The van der Waals surface area contributed by atoms with Crippen molar-refractivity contribution in [1.29, 1.82) is 0 Å². The standard InChI is InChI=1S/C36H41N2O4S3Si/c1-23(2)29(33(40)41-30(24-17-11-9-12-18-24)25-19-13-10-14-20-25)38-31(39)28(36(6,35(3,4)5)42-46(7)8)32(38)44-45-34-37-26-21-15-16-22-27(26)43-34/h9-22,28-30,32H,1H2,2-8H3/t28?,29?,32?,36-/m0/s1. The van der Waals surface area contributed by atoms with Crippen LogP contribution in [0.25, 0.3) is 10.2 Å². The van der Waals surface area contributed by atoms with Crippen molar-refractivity contribution >= 4 is 64.1 Å². The molecule has 241 valence electrons. The maximum Gasteiger partial charge on any atom is 0.334 e. The molecule has 4 atom stereocenters. The summed E-state index contributed by atoms with van der Waals surface area (Å²) in [5, 5.41) is -0.392. The number of aromatic nitrogens is 1. The molecule has 3 aromatic carbocycles. The van der Waals surface area contributed by atoms with Crippen LogP contribution < -0.4 is 0 Å². The Bertz CT molecular complexity index is 1620. The molecule has 1 aliphatic heterocycles. The number of esters is 1. The Morgan fingerprint density at radius 1 is 0.957 bits per heavy atom. The molecule has 0 saturated carbocycles. The van der Waals surface area contributed by atoms with Crippen LogP contribution in [0.3, 0.4) is 0 Å². The fraction of sp³-hybridized carbons (Fsp3) is 0.361. The summed E-state index contributed by atoms with van der Waals surface area (Å²) >= 11 is 1.62. The van der Waals surface area contributed by atoms with Crippen LogP contribution in [0.15, 0.2) is 101 Å². The summed E-state index contributed by atoms with van der Waals surface area (Å²) in [5.41, 5.74) is 2.05. The van der Waals surface area contributed by atoms with Gasteiger partial charge in [-0.2, -0.15) is 0 Å². The van der Waals surface area contributed by atoms with Crippen LogP contribution in [0.4, 0.5) is 0 Å². The second kappa shape index (κ2) is 14.1. The number of fused-ring (bicyclic) bond motifs is 1. The summed E-state index contributed by atoms with van der Waals surface area (Å²) in [6.45, 7) is 18.6. The topological polar surface area (TPSA) is 68.7 Å². The Balaban J connectivity index is 1.50. The number of benzene rings is 3. The zero-order chi connectivity index (χ0) is 33.2. The Morgan fingerprint density at radius 2 is 1.52 bits per heavy atom. The molecule has 1 aromatic heterocycles. The van der Waals surface area contributed by atoms with E-state index in [1.165, 1.54) is 10.8 Å². The fourth-order valence-electron chi connectivity index (χ4n) is 5.77. The zero-order valence-electron chi connectivity index (χ0n) is 27.4. The molecule has 46 heavy (non-hydrogen) atoms. The van der Waals surface area contributed by atoms with Crippen LogP contribution >= 0.6 is 32.9 Å². The number of carbonyl (C=O) groups is 2. The molecule has 5 rings (SSSR count). The van der Waals surface area contributed by atoms with Gasteiger partial charge in [-0.15, -0.1) is 11.3 Å². The molecular formula is C36H41N2O4S3Si. The van der Waals surface area contributed by atoms with Gasteiger partial charge in [-0.25, -0.2) is 9.78 Å². The summed E-state index contributed by atoms with van der Waals surface area (Å²) in [5.74, 6) is -1.14. The minimum atomic E-state index is -1.18. The molecule has 1 radical (unpaired) electrons. The van der Waals surface area contributed by atoms with E-state index in [0.29, 0.717) is 5.57 Å². The van der Waals surface area contributed by atoms with E-state index in [1.807, 2.05) is 78.9 Å². The minimum Gasteiger partial charge on any atom is -0.451 e. The van der Waals surface area contributed by atoms with Crippen molar-refractivity contribution < 1.29 is 18.8 Å². The van der Waals surface area contributed by atoms with E-state index < -0.39 is 44.0 Å². The van der Waals surface area contributed by atoms with E-state index in [1.54, 1.807) is 34.0 Å². The van der Waals surface area contributed by atoms with Crippen molar-refractivity contribution in [1.82, 2.24) is 9.88 Å². The van der Waals surface area contributed by atoms with Gasteiger partial charge in [0, 0.05) is 0 Å². The van der Waals surface area contributed by atoms with Crippen molar-refractivity contribution in [2.75, 3.05) is 0 Å². The first-order valence-electron chi connectivity index (χ1n) is 15.3. The summed E-state index contributed by atoms with van der Waals surface area (Å²) in [7, 11) is 1.91. The SMILES string of the molecule is C=C(C)C(C(=O)OC(c1ccccc1)c1ccccc1)N1C(=O)C([C@](C)(O[Si](C)C)C(C)(C)C)C1SSc1nc2ccccc2s1. The normalized spacial score (nSPS) is 18.8. The maximum atomic E-state index is 14.4. The third kappa shape index (κ3) is 7.01. The summed E-state index contributed by atoms with van der Waals surface area (Å²) < 4.78 is 15.0. The monoisotopic (exact) mass is 689 g/mol. The van der Waals surface area contributed by atoms with Crippen molar-refractivity contribution in [3.63, 3.8) is 0 Å². The number of para-hydroxylation sites is 1. The molecule has 10 heteroatoms. The van der Waals surface area contributed by atoms with E-state index in [4.69, 9.17) is 14.1 Å². The first-order chi connectivity index (χ1) is 21.8. The van der Waals surface area contributed by atoms with Crippen molar-refractivity contribution in [2.24, 2.45) is 11.3 Å². The highest BCUT2D eigenvalue weighted by Crippen LogP contribution is 2.55. The number of ether oxygens (including phenoxy) is 1. The van der Waals surface area contributed by atoms with E-state index in [9.17, 15) is 9.59 Å². The second-order valence-corrected chi connectivity index (χ2v) is 18.6. The molecule has 1 fully saturated rings. The van der Waals surface area contributed by atoms with E-state index >= 15 is 0 Å². The molecule has 1 amide bonds. The smallest absolute Gasteiger partial charge is 0.334 e. The molecule has 0 aliphatic carbocycles. The number of thiazole rings is 1. The zero-order valence-corrected chi connectivity index (χ0v) is 30.8. The average molecular weight is 690 g/mol. The first kappa shape index (κ1) is 34.4. The van der Waals surface area contributed by atoms with Crippen LogP contribution in [-0.4, -0.2) is 47.8 Å². The maximum absolute atomic E-state index is 14.4. The number of hydrogen-bond donors (Lipinski definition) is 0. The molecule has 3 unspecified atom stereocenters. The quantitative estimate of drug-likeness (QED) is 0.0483. The lowest BCUT2D eigenvalue weighted by molar-refractivity contribution is -0.185. The highest BCUT2D eigenvalue weighted by molar-refractivity contribution is 8.77. The summed E-state index contributed by atoms with van der Waals surface area (Å²) in [6, 6.07) is 26.4. The van der Waals surface area contributed by atoms with E-state index in [2.05, 4.69) is 53.4 Å². The third-order valence-corrected chi connectivity index (χ3v) is 13.3. The average Bonchev–Trinajstić information content (AvgIpc) is 3.43. The number of amides is 1. The Hall–Kier alpha value is -2.89. The third-order valence-electron chi connectivity index (χ3n) is 8.48. The first-order valence-corrected chi connectivity index (χ1v) is 20.7. The van der Waals surface area contributed by atoms with Crippen LogP contribution in [0.1, 0.15) is 51.8 Å². The van der Waals surface area contributed by atoms with Crippen LogP contribution in [0, 0.1) is 11.3 Å². The van der Waals surface area contributed by atoms with Crippen molar-refractivity contribution in [3.8, 4) is 0 Å². The van der Waals surface area contributed by atoms with Gasteiger partial charge in [-0.05, 0) is 72.0 Å². The number of rotatable bonds is 12. The lowest BCUT2D eigenvalue weighted by Gasteiger charge is -2.59. The van der Waals surface area contributed by atoms with Crippen LogP contribution in [0.5, 0.6) is 0 Å². The van der Waals surface area contributed by atoms with Gasteiger partial charge in [-0.3, -0.25) is 4.79 Å². The highest BCUT2D eigenvalue weighted by Gasteiger charge is 2.64. The Kier molecular flexibility index (Phi) is 10.5. The molecule has 1 saturated heterocycles. The minimum absolute atomic E-state index is 0.135. The molecule has 2 heterocycles. The summed E-state index contributed by atoms with van der Waals surface area (Å²) in [4.78, 5) is 35.2. The fourth-order valence-corrected chi connectivity index (χ4v) is 11.2. The predicted octanol–water partition coefficient (Wildman–Crippen LogP) is 9.17. The van der Waals surface area contributed by atoms with Crippen molar-refractivity contribution in [2.45, 2.75) is 75.2 Å². The Labute approximate surface area is 286 Å². The Morgan fingerprint density at radius 3 is 2.04 bits per heavy atom. The van der Waals surface area contributed by atoms with Gasteiger partial charge in [0.25, 0.3) is 0 Å². The van der Waals surface area contributed by atoms with Gasteiger partial charge < -0.3 is 14.1 Å². The number of likely N-dealkylation sites (tertiary alicyclic amines) is 1. The van der Waals surface area contributed by atoms with Gasteiger partial charge in [0.2, 0.25) is 14.9 Å². The lowest BCUT2D eigenvalue weighted by Crippen LogP contribution is -2.73. The van der Waals surface area contributed by atoms with Gasteiger partial charge >= 0.3 is 5.97 Å². The molecule has 0 spiro atoms. The highest BCUT2D eigenvalue weighted by atomic mass is 33.1. The molecule has 1 aliphatic rings. The molecule has 4 aromatic rings. The van der Waals surface area contributed by atoms with Crippen molar-refractivity contribution in [3.05, 3.63) is 108 Å². The summed E-state index contributed by atoms with van der Waals surface area (Å²) in [6.07, 6.45) is -0.638. The molecule has 6 nitrogen and oxygen atoms in total. The number of β-lactam (4-membered cyclic amide) rings is 1. The van der Waals surface area contributed by atoms with E-state index in [-0.39, 0.29) is 11.3 Å². The van der Waals surface area contributed by atoms with Gasteiger partial charge in [0.1, 0.15) is 5.37 Å². The predicted molar refractivity (Wildman–Crippen MR) is 193 cm³/mol. The number of carbonyl (C=O) groups excluding carboxylic acids is 2. The lowest BCUT2D eigenvalue weighted by atomic mass is 9.66.